The van der Waals surface area contributed by atoms with Crippen LogP contribution < -0.4 is 15.0 Å². The van der Waals surface area contributed by atoms with Crippen molar-refractivity contribution in [2.45, 2.75) is 25.1 Å². The van der Waals surface area contributed by atoms with Crippen LogP contribution in [0.1, 0.15) is 17.5 Å². The summed E-state index contributed by atoms with van der Waals surface area (Å²) in [6.07, 6.45) is -4.37. The molecule has 0 aromatic heterocycles. The SMILES string of the molecule is COc1ccc(NC(=O)C[C@@H]2C(=O)N(c3cccc(C(F)(F)F)c3)C(=S)N2CCc2ccc(Cl)cc2)cc1. The molecule has 1 saturated heterocycles. The number of carbonyl (C=O) groups is 2. The van der Waals surface area contributed by atoms with Crippen LogP contribution in [0.25, 0.3) is 0 Å². The topological polar surface area (TPSA) is 61.9 Å². The summed E-state index contributed by atoms with van der Waals surface area (Å²) in [4.78, 5) is 29.1. The fourth-order valence-corrected chi connectivity index (χ4v) is 4.65. The predicted molar refractivity (Wildman–Crippen MR) is 143 cm³/mol. The van der Waals surface area contributed by atoms with E-state index in [2.05, 4.69) is 5.32 Å². The van der Waals surface area contributed by atoms with Gasteiger partial charge in [-0.1, -0.05) is 29.8 Å². The smallest absolute Gasteiger partial charge is 0.416 e. The molecule has 4 rings (SSSR count). The van der Waals surface area contributed by atoms with E-state index in [1.54, 1.807) is 41.3 Å². The first-order valence-corrected chi connectivity index (χ1v) is 12.4. The van der Waals surface area contributed by atoms with Gasteiger partial charge < -0.3 is 15.0 Å². The van der Waals surface area contributed by atoms with Gasteiger partial charge in [0.2, 0.25) is 5.91 Å². The van der Waals surface area contributed by atoms with Crippen LogP contribution in [-0.4, -0.2) is 41.5 Å². The number of carbonyl (C=O) groups excluding carboxylic acids is 2. The molecule has 38 heavy (non-hydrogen) atoms. The Bertz CT molecular complexity index is 1330. The van der Waals surface area contributed by atoms with Crippen molar-refractivity contribution < 1.29 is 27.5 Å². The summed E-state index contributed by atoms with van der Waals surface area (Å²) in [6, 6.07) is 17.2. The monoisotopic (exact) mass is 561 g/mol. The molecule has 2 amide bonds. The maximum absolute atomic E-state index is 13.5. The van der Waals surface area contributed by atoms with Gasteiger partial charge in [0.05, 0.1) is 24.8 Å². The Balaban J connectivity index is 1.58. The molecule has 1 heterocycles. The molecular weight excluding hydrogens is 539 g/mol. The standard InChI is InChI=1S/C27H23ClF3N3O3S/c1-37-22-11-9-20(10-12-22)32-24(35)16-23-25(36)34(21-4-2-3-18(15-21)27(29,30)31)26(38)33(23)14-13-17-5-7-19(28)8-6-17/h2-12,15,23H,13-14,16H2,1H3,(H,32,35)/t23-/m1/s1. The first-order valence-electron chi connectivity index (χ1n) is 11.6. The number of hydrogen-bond acceptors (Lipinski definition) is 4. The van der Waals surface area contributed by atoms with Gasteiger partial charge in [0.1, 0.15) is 11.8 Å². The number of nitrogens with one attached hydrogen (secondary N) is 1. The molecule has 0 unspecified atom stereocenters. The normalized spacial score (nSPS) is 15.7. The zero-order valence-electron chi connectivity index (χ0n) is 20.2. The van der Waals surface area contributed by atoms with Gasteiger partial charge in [0, 0.05) is 17.3 Å². The summed E-state index contributed by atoms with van der Waals surface area (Å²) in [7, 11) is 1.52. The van der Waals surface area contributed by atoms with Crippen LogP contribution in [0.2, 0.25) is 5.02 Å². The predicted octanol–water partition coefficient (Wildman–Crippen LogP) is 5.94. The first-order chi connectivity index (χ1) is 18.1. The summed E-state index contributed by atoms with van der Waals surface area (Å²) < 4.78 is 45.2. The molecule has 1 fully saturated rings. The lowest BCUT2D eigenvalue weighted by molar-refractivity contribution is -0.137. The van der Waals surface area contributed by atoms with Crippen LogP contribution in [-0.2, 0) is 22.2 Å². The number of anilines is 2. The van der Waals surface area contributed by atoms with E-state index < -0.39 is 29.6 Å². The van der Waals surface area contributed by atoms with Crippen LogP contribution >= 0.6 is 23.8 Å². The molecule has 6 nitrogen and oxygen atoms in total. The van der Waals surface area contributed by atoms with E-state index in [0.29, 0.717) is 22.9 Å². The Morgan fingerprint density at radius 1 is 1.08 bits per heavy atom. The number of nitrogens with zero attached hydrogens (tertiary/aromatic N) is 2. The maximum atomic E-state index is 13.5. The number of amides is 2. The average Bonchev–Trinajstić information content (AvgIpc) is 3.12. The number of hydrogen-bond donors (Lipinski definition) is 1. The van der Waals surface area contributed by atoms with Gasteiger partial charge in [-0.3, -0.25) is 14.5 Å². The second kappa shape index (κ2) is 11.4. The third kappa shape index (κ3) is 6.25. The molecule has 3 aromatic carbocycles. The molecule has 1 atom stereocenters. The van der Waals surface area contributed by atoms with Crippen LogP contribution in [0.5, 0.6) is 5.75 Å². The molecule has 198 valence electrons. The van der Waals surface area contributed by atoms with Gasteiger partial charge in [-0.15, -0.1) is 0 Å². The van der Waals surface area contributed by atoms with Crippen molar-refractivity contribution in [3.63, 3.8) is 0 Å². The Hall–Kier alpha value is -3.63. The minimum absolute atomic E-state index is 0.00983. The van der Waals surface area contributed by atoms with Crippen molar-refractivity contribution in [1.82, 2.24) is 4.90 Å². The Labute approximate surface area is 227 Å². The lowest BCUT2D eigenvalue weighted by Gasteiger charge is -2.24. The molecule has 0 saturated carbocycles. The van der Waals surface area contributed by atoms with E-state index in [4.69, 9.17) is 28.6 Å². The molecule has 0 bridgehead atoms. The number of alkyl halides is 3. The second-order valence-corrected chi connectivity index (χ2v) is 9.37. The van der Waals surface area contributed by atoms with Gasteiger partial charge in [0.15, 0.2) is 5.11 Å². The third-order valence-electron chi connectivity index (χ3n) is 6.06. The number of thiocarbonyl (C=S) groups is 1. The summed E-state index contributed by atoms with van der Waals surface area (Å²) >= 11 is 11.5. The van der Waals surface area contributed by atoms with Gasteiger partial charge in [-0.05, 0) is 78.8 Å². The highest BCUT2D eigenvalue weighted by molar-refractivity contribution is 7.80. The molecular formula is C27H23ClF3N3O3S. The van der Waals surface area contributed by atoms with Crippen molar-refractivity contribution in [3.05, 3.63) is 88.9 Å². The summed E-state index contributed by atoms with van der Waals surface area (Å²) in [5.41, 5.74) is 0.512. The Morgan fingerprint density at radius 3 is 2.39 bits per heavy atom. The number of ether oxygens (including phenoxy) is 1. The minimum Gasteiger partial charge on any atom is -0.497 e. The highest BCUT2D eigenvalue weighted by Gasteiger charge is 2.44. The van der Waals surface area contributed by atoms with E-state index in [1.807, 2.05) is 12.1 Å². The fraction of sp³-hybridized carbons (Fsp3) is 0.222. The number of rotatable bonds is 8. The van der Waals surface area contributed by atoms with Gasteiger partial charge in [-0.2, -0.15) is 13.2 Å². The van der Waals surface area contributed by atoms with E-state index in [0.717, 1.165) is 22.6 Å². The Kier molecular flexibility index (Phi) is 8.23. The highest BCUT2D eigenvalue weighted by Crippen LogP contribution is 2.34. The van der Waals surface area contributed by atoms with Crippen molar-refractivity contribution in [2.24, 2.45) is 0 Å². The average molecular weight is 562 g/mol. The molecule has 0 aliphatic carbocycles. The quantitative estimate of drug-likeness (QED) is 0.345. The summed E-state index contributed by atoms with van der Waals surface area (Å²) in [6.45, 7) is 0.266. The Morgan fingerprint density at radius 2 is 1.76 bits per heavy atom. The van der Waals surface area contributed by atoms with Crippen LogP contribution in [0.3, 0.4) is 0 Å². The molecule has 11 heteroatoms. The number of benzene rings is 3. The lowest BCUT2D eigenvalue weighted by Crippen LogP contribution is -2.39. The molecule has 3 aromatic rings. The van der Waals surface area contributed by atoms with Crippen molar-refractivity contribution in [3.8, 4) is 5.75 Å². The van der Waals surface area contributed by atoms with E-state index in [-0.39, 0.29) is 23.8 Å². The maximum Gasteiger partial charge on any atom is 0.416 e. The highest BCUT2D eigenvalue weighted by atomic mass is 35.5. The molecule has 0 spiro atoms. The zero-order chi connectivity index (χ0) is 27.4. The van der Waals surface area contributed by atoms with Crippen molar-refractivity contribution in [1.29, 1.82) is 0 Å². The first kappa shape index (κ1) is 27.4. The second-order valence-electron chi connectivity index (χ2n) is 8.57. The van der Waals surface area contributed by atoms with Gasteiger partial charge in [-0.25, -0.2) is 0 Å². The van der Waals surface area contributed by atoms with Gasteiger partial charge >= 0.3 is 6.18 Å². The molecule has 0 radical (unpaired) electrons. The van der Waals surface area contributed by atoms with Crippen molar-refractivity contribution >= 4 is 52.1 Å². The van der Waals surface area contributed by atoms with E-state index in [9.17, 15) is 22.8 Å². The minimum atomic E-state index is -4.59. The fourth-order valence-electron chi connectivity index (χ4n) is 4.11. The van der Waals surface area contributed by atoms with Crippen LogP contribution in [0, 0.1) is 0 Å². The molecule has 1 N–H and O–H groups in total. The number of methoxy groups -OCH3 is 1. The van der Waals surface area contributed by atoms with E-state index >= 15 is 0 Å². The summed E-state index contributed by atoms with van der Waals surface area (Å²) in [5.74, 6) is -0.404. The van der Waals surface area contributed by atoms with Crippen molar-refractivity contribution in [2.75, 3.05) is 23.9 Å². The molecule has 1 aliphatic heterocycles. The molecule has 1 aliphatic rings. The van der Waals surface area contributed by atoms with E-state index in [1.165, 1.54) is 19.2 Å². The van der Waals surface area contributed by atoms with Gasteiger partial charge in [0.25, 0.3) is 5.91 Å². The number of halogens is 4. The zero-order valence-corrected chi connectivity index (χ0v) is 21.7. The largest absolute Gasteiger partial charge is 0.497 e. The van der Waals surface area contributed by atoms with Crippen LogP contribution in [0.15, 0.2) is 72.8 Å². The summed E-state index contributed by atoms with van der Waals surface area (Å²) in [5, 5.41) is 3.35. The third-order valence-corrected chi connectivity index (χ3v) is 6.73. The van der Waals surface area contributed by atoms with Crippen LogP contribution in [0.4, 0.5) is 24.5 Å². The lowest BCUT2D eigenvalue weighted by atomic mass is 10.1.